The average Bonchev–Trinajstić information content (AvgIpc) is 3.29. The van der Waals surface area contributed by atoms with E-state index in [4.69, 9.17) is 8.94 Å². The molecule has 27 heavy (non-hydrogen) atoms. The first kappa shape index (κ1) is 18.6. The second-order valence-electron chi connectivity index (χ2n) is 6.12. The molecule has 142 valence electrons. The summed E-state index contributed by atoms with van der Waals surface area (Å²) in [6.45, 7) is 7.69. The number of aromatic nitrogens is 3. The third-order valence-corrected chi connectivity index (χ3v) is 3.79. The van der Waals surface area contributed by atoms with Crippen LogP contribution < -0.4 is 10.6 Å². The van der Waals surface area contributed by atoms with Crippen LogP contribution in [0.3, 0.4) is 0 Å². The Kier molecular flexibility index (Phi) is 6.19. The van der Waals surface area contributed by atoms with Crippen molar-refractivity contribution in [3.8, 4) is 11.5 Å². The Labute approximate surface area is 158 Å². The first-order chi connectivity index (χ1) is 13.1. The lowest BCUT2D eigenvalue weighted by atomic mass is 10.1. The summed E-state index contributed by atoms with van der Waals surface area (Å²) in [4.78, 5) is 13.2. The molecule has 0 saturated heterocycles. The van der Waals surface area contributed by atoms with E-state index in [0.717, 1.165) is 17.8 Å². The summed E-state index contributed by atoms with van der Waals surface area (Å²) in [5.74, 6) is 2.55. The van der Waals surface area contributed by atoms with Crippen LogP contribution >= 0.6 is 0 Å². The van der Waals surface area contributed by atoms with Crippen LogP contribution in [-0.2, 0) is 13.0 Å². The van der Waals surface area contributed by atoms with Crippen LogP contribution in [0, 0.1) is 13.8 Å². The van der Waals surface area contributed by atoms with Crippen LogP contribution in [0.2, 0.25) is 0 Å². The number of oxazole rings is 1. The van der Waals surface area contributed by atoms with Crippen molar-refractivity contribution >= 4 is 5.96 Å². The maximum Gasteiger partial charge on any atom is 0.228 e. The topological polar surface area (TPSA) is 101 Å². The van der Waals surface area contributed by atoms with Crippen molar-refractivity contribution in [3.05, 3.63) is 53.5 Å². The van der Waals surface area contributed by atoms with Gasteiger partial charge < -0.3 is 19.6 Å². The Morgan fingerprint density at radius 1 is 1.11 bits per heavy atom. The van der Waals surface area contributed by atoms with Crippen LogP contribution in [0.1, 0.15) is 29.9 Å². The molecule has 3 rings (SSSR count). The number of nitrogens with one attached hydrogen (secondary N) is 2. The Morgan fingerprint density at radius 2 is 1.93 bits per heavy atom. The Morgan fingerprint density at radius 3 is 2.63 bits per heavy atom. The molecular formula is C19H24N6O2. The standard InChI is InChI=1S/C19H24N6O2/c1-4-20-19(21-10-9-17-23-14(3)25-27-17)22-11-16-12-26-18(24-16)15-7-5-13(2)6-8-15/h5-8,12H,4,9-11H2,1-3H3,(H2,20,21,22). The largest absolute Gasteiger partial charge is 0.444 e. The molecule has 0 unspecified atom stereocenters. The smallest absolute Gasteiger partial charge is 0.228 e. The van der Waals surface area contributed by atoms with Crippen molar-refractivity contribution in [2.45, 2.75) is 33.7 Å². The Hall–Kier alpha value is -3.16. The van der Waals surface area contributed by atoms with E-state index in [1.165, 1.54) is 5.56 Å². The number of rotatable bonds is 7. The van der Waals surface area contributed by atoms with Crippen LogP contribution in [0.4, 0.5) is 0 Å². The van der Waals surface area contributed by atoms with Crippen molar-refractivity contribution in [2.75, 3.05) is 13.1 Å². The second kappa shape index (κ2) is 8.98. The molecule has 0 spiro atoms. The first-order valence-electron chi connectivity index (χ1n) is 8.97. The molecule has 8 heteroatoms. The summed E-state index contributed by atoms with van der Waals surface area (Å²) in [5, 5.41) is 10.2. The van der Waals surface area contributed by atoms with Gasteiger partial charge in [-0.15, -0.1) is 0 Å². The molecule has 0 fully saturated rings. The lowest BCUT2D eigenvalue weighted by molar-refractivity contribution is 0.374. The fourth-order valence-corrected chi connectivity index (χ4v) is 2.44. The van der Waals surface area contributed by atoms with Crippen molar-refractivity contribution < 1.29 is 8.94 Å². The number of nitrogens with zero attached hydrogens (tertiary/aromatic N) is 4. The van der Waals surface area contributed by atoms with Gasteiger partial charge in [0, 0.05) is 25.1 Å². The SMILES string of the molecule is CCNC(=NCc1coc(-c2ccc(C)cc2)n1)NCCc1nc(C)no1. The van der Waals surface area contributed by atoms with E-state index in [-0.39, 0.29) is 0 Å². The molecule has 8 nitrogen and oxygen atoms in total. The summed E-state index contributed by atoms with van der Waals surface area (Å²) in [7, 11) is 0. The molecule has 0 aliphatic rings. The Balaban J connectivity index is 1.57. The van der Waals surface area contributed by atoms with E-state index in [1.807, 2.05) is 38.1 Å². The van der Waals surface area contributed by atoms with Gasteiger partial charge in [-0.1, -0.05) is 22.9 Å². The molecule has 1 aromatic carbocycles. The van der Waals surface area contributed by atoms with Crippen LogP contribution in [-0.4, -0.2) is 34.2 Å². The molecule has 0 aliphatic heterocycles. The maximum absolute atomic E-state index is 5.58. The lowest BCUT2D eigenvalue weighted by Gasteiger charge is -2.09. The zero-order valence-electron chi connectivity index (χ0n) is 15.8. The maximum atomic E-state index is 5.58. The van der Waals surface area contributed by atoms with Gasteiger partial charge in [0.2, 0.25) is 11.8 Å². The predicted molar refractivity (Wildman–Crippen MR) is 102 cm³/mol. The normalized spacial score (nSPS) is 11.6. The fraction of sp³-hybridized carbons (Fsp3) is 0.368. The third kappa shape index (κ3) is 5.40. The van der Waals surface area contributed by atoms with Gasteiger partial charge in [0.1, 0.15) is 12.0 Å². The van der Waals surface area contributed by atoms with Gasteiger partial charge in [0.05, 0.1) is 6.54 Å². The number of hydrogen-bond donors (Lipinski definition) is 2. The monoisotopic (exact) mass is 368 g/mol. The molecule has 2 N–H and O–H groups in total. The molecule has 2 aromatic heterocycles. The van der Waals surface area contributed by atoms with Crippen molar-refractivity contribution in [1.82, 2.24) is 25.8 Å². The fourth-order valence-electron chi connectivity index (χ4n) is 2.44. The van der Waals surface area contributed by atoms with Gasteiger partial charge in [-0.25, -0.2) is 9.98 Å². The zero-order chi connectivity index (χ0) is 19.1. The third-order valence-electron chi connectivity index (χ3n) is 3.79. The van der Waals surface area contributed by atoms with Gasteiger partial charge in [0.15, 0.2) is 11.8 Å². The molecule has 0 amide bonds. The van der Waals surface area contributed by atoms with Crippen LogP contribution in [0.15, 0.2) is 44.5 Å². The van der Waals surface area contributed by atoms with E-state index in [1.54, 1.807) is 13.2 Å². The molecule has 0 radical (unpaired) electrons. The molecule has 0 bridgehead atoms. The van der Waals surface area contributed by atoms with Gasteiger partial charge in [-0.2, -0.15) is 4.98 Å². The van der Waals surface area contributed by atoms with Gasteiger partial charge in [-0.3, -0.25) is 0 Å². The molecular weight excluding hydrogens is 344 g/mol. The zero-order valence-corrected chi connectivity index (χ0v) is 15.8. The summed E-state index contributed by atoms with van der Waals surface area (Å²) in [6.07, 6.45) is 2.27. The van der Waals surface area contributed by atoms with Crippen LogP contribution in [0.5, 0.6) is 0 Å². The molecule has 3 aromatic rings. The number of aliphatic imine (C=N–C) groups is 1. The predicted octanol–water partition coefficient (Wildman–Crippen LogP) is 2.64. The summed E-state index contributed by atoms with van der Waals surface area (Å²) in [6, 6.07) is 8.07. The minimum absolute atomic E-state index is 0.421. The highest BCUT2D eigenvalue weighted by Crippen LogP contribution is 2.19. The average molecular weight is 368 g/mol. The van der Waals surface area contributed by atoms with Gasteiger partial charge >= 0.3 is 0 Å². The van der Waals surface area contributed by atoms with Gasteiger partial charge in [0.25, 0.3) is 0 Å². The lowest BCUT2D eigenvalue weighted by Crippen LogP contribution is -2.38. The van der Waals surface area contributed by atoms with E-state index in [0.29, 0.717) is 43.1 Å². The highest BCUT2D eigenvalue weighted by molar-refractivity contribution is 5.79. The van der Waals surface area contributed by atoms with E-state index < -0.39 is 0 Å². The van der Waals surface area contributed by atoms with Crippen molar-refractivity contribution in [1.29, 1.82) is 0 Å². The quantitative estimate of drug-likeness (QED) is 0.488. The number of guanidine groups is 1. The van der Waals surface area contributed by atoms with Crippen molar-refractivity contribution in [3.63, 3.8) is 0 Å². The highest BCUT2D eigenvalue weighted by atomic mass is 16.5. The molecule has 0 saturated carbocycles. The van der Waals surface area contributed by atoms with E-state index in [2.05, 4.69) is 30.8 Å². The summed E-state index contributed by atoms with van der Waals surface area (Å²) in [5.41, 5.74) is 2.93. The molecule has 0 aliphatic carbocycles. The highest BCUT2D eigenvalue weighted by Gasteiger charge is 2.07. The molecule has 2 heterocycles. The van der Waals surface area contributed by atoms with Crippen molar-refractivity contribution in [2.24, 2.45) is 4.99 Å². The second-order valence-corrected chi connectivity index (χ2v) is 6.12. The first-order valence-corrected chi connectivity index (χ1v) is 8.97. The number of benzene rings is 1. The number of aryl methyl sites for hydroxylation is 2. The summed E-state index contributed by atoms with van der Waals surface area (Å²) >= 11 is 0. The summed E-state index contributed by atoms with van der Waals surface area (Å²) < 4.78 is 10.7. The van der Waals surface area contributed by atoms with Crippen LogP contribution in [0.25, 0.3) is 11.5 Å². The Bertz CT molecular complexity index is 882. The minimum Gasteiger partial charge on any atom is -0.444 e. The number of hydrogen-bond acceptors (Lipinski definition) is 6. The van der Waals surface area contributed by atoms with E-state index in [9.17, 15) is 0 Å². The van der Waals surface area contributed by atoms with Gasteiger partial charge in [-0.05, 0) is 32.9 Å². The van der Waals surface area contributed by atoms with E-state index >= 15 is 0 Å². The molecule has 0 atom stereocenters. The minimum atomic E-state index is 0.421.